The molecular weight excluding hydrogens is 250 g/mol. The zero-order chi connectivity index (χ0) is 13.9. The maximum atomic E-state index is 11.6. The predicted molar refractivity (Wildman–Crippen MR) is 72.4 cm³/mol. The minimum atomic E-state index is -2.80. The van der Waals surface area contributed by atoms with Gasteiger partial charge in [0, 0.05) is 5.57 Å². The lowest BCUT2D eigenvalue weighted by Crippen LogP contribution is -2.38. The molecule has 0 saturated carbocycles. The largest absolute Gasteiger partial charge is 0.295 e. The number of carbonyl (C=O) groups excluding carboxylic acids is 1. The molecule has 0 amide bonds. The third-order valence-electron chi connectivity index (χ3n) is 2.82. The first-order chi connectivity index (χ1) is 8.43. The van der Waals surface area contributed by atoms with Crippen LogP contribution in [-0.4, -0.2) is 24.5 Å². The maximum absolute atomic E-state index is 11.6. The fourth-order valence-electron chi connectivity index (χ4n) is 2.02. The molecule has 98 valence electrons. The van der Waals surface area contributed by atoms with Crippen LogP contribution in [0.4, 0.5) is 0 Å². The number of thiol groups is 1. The van der Waals surface area contributed by atoms with Gasteiger partial charge in [-0.3, -0.25) is 9.10 Å². The Morgan fingerprint density at radius 2 is 2.11 bits per heavy atom. The van der Waals surface area contributed by atoms with Crippen LogP contribution in [0.15, 0.2) is 47.7 Å². The van der Waals surface area contributed by atoms with Crippen LogP contribution in [0.1, 0.15) is 20.8 Å². The van der Waals surface area contributed by atoms with Crippen LogP contribution in [-0.2, 0) is 15.7 Å². The summed E-state index contributed by atoms with van der Waals surface area (Å²) in [4.78, 5) is 11.6. The molecule has 0 aromatic carbocycles. The highest BCUT2D eigenvalue weighted by atomic mass is 32.2. The van der Waals surface area contributed by atoms with Crippen molar-refractivity contribution >= 4 is 16.7 Å². The lowest BCUT2D eigenvalue weighted by atomic mass is 9.94. The van der Waals surface area contributed by atoms with Crippen molar-refractivity contribution in [2.45, 2.75) is 26.8 Å². The number of allylic oxidation sites excluding steroid dienone is 4. The Hall–Kier alpha value is -1.62. The minimum absolute atomic E-state index is 0.130. The topological polar surface area (TPSA) is 54.5 Å². The molecule has 18 heavy (non-hydrogen) atoms. The van der Waals surface area contributed by atoms with E-state index in [0.29, 0.717) is 16.8 Å². The van der Waals surface area contributed by atoms with E-state index in [0.717, 1.165) is 0 Å². The first kappa shape index (κ1) is 14.4. The summed E-state index contributed by atoms with van der Waals surface area (Å²) in [5.74, 6) is -0.130. The standard InChI is InChI=1S/C13H17NO3S/c1-5-7-11-8-12(10(4)15)9(3)14(18(16)17)13(11)6-2/h5-9,18H,1H2,2-4H3/b11-7-,13-6+/t9-/m1/s1. The van der Waals surface area contributed by atoms with Gasteiger partial charge >= 0.3 is 0 Å². The van der Waals surface area contributed by atoms with E-state index in [2.05, 4.69) is 6.58 Å². The van der Waals surface area contributed by atoms with Crippen LogP contribution in [0.5, 0.6) is 0 Å². The Morgan fingerprint density at radius 1 is 1.50 bits per heavy atom. The maximum Gasteiger partial charge on any atom is 0.225 e. The summed E-state index contributed by atoms with van der Waals surface area (Å²) < 4.78 is 24.0. The number of rotatable bonds is 3. The molecule has 1 atom stereocenters. The summed E-state index contributed by atoms with van der Waals surface area (Å²) in [7, 11) is -2.80. The van der Waals surface area contributed by atoms with E-state index in [1.165, 1.54) is 11.2 Å². The number of Topliss-reactive ketones (excluding diaryl/α,β-unsaturated/α-hetero) is 1. The minimum Gasteiger partial charge on any atom is -0.295 e. The fraction of sp³-hybridized carbons (Fsp3) is 0.308. The molecule has 4 nitrogen and oxygen atoms in total. The van der Waals surface area contributed by atoms with Crippen molar-refractivity contribution in [3.8, 4) is 0 Å². The summed E-state index contributed by atoms with van der Waals surface area (Å²) in [6.07, 6.45) is 6.69. The highest BCUT2D eigenvalue weighted by Gasteiger charge is 2.30. The lowest BCUT2D eigenvalue weighted by molar-refractivity contribution is -0.114. The predicted octanol–water partition coefficient (Wildman–Crippen LogP) is 1.75. The molecule has 0 radical (unpaired) electrons. The second-order valence-electron chi connectivity index (χ2n) is 3.95. The lowest BCUT2D eigenvalue weighted by Gasteiger charge is -2.33. The third-order valence-corrected chi connectivity index (χ3v) is 3.74. The van der Waals surface area contributed by atoms with E-state index in [-0.39, 0.29) is 5.78 Å². The van der Waals surface area contributed by atoms with Gasteiger partial charge in [-0.2, -0.15) is 0 Å². The molecule has 1 rings (SSSR count). The average Bonchev–Trinajstić information content (AvgIpc) is 2.29. The normalized spacial score (nSPS) is 24.6. The molecule has 0 aromatic rings. The van der Waals surface area contributed by atoms with Crippen molar-refractivity contribution in [3.05, 3.63) is 47.7 Å². The van der Waals surface area contributed by atoms with Crippen molar-refractivity contribution in [1.29, 1.82) is 0 Å². The fourth-order valence-corrected chi connectivity index (χ4v) is 2.83. The van der Waals surface area contributed by atoms with Gasteiger partial charge in [0.05, 0.1) is 11.7 Å². The van der Waals surface area contributed by atoms with Crippen LogP contribution >= 0.6 is 0 Å². The zero-order valence-corrected chi connectivity index (χ0v) is 11.6. The first-order valence-corrected chi connectivity index (χ1v) is 6.72. The summed E-state index contributed by atoms with van der Waals surface area (Å²) in [5.41, 5.74) is 1.73. The van der Waals surface area contributed by atoms with E-state index in [1.54, 1.807) is 38.2 Å². The highest BCUT2D eigenvalue weighted by Crippen LogP contribution is 2.30. The highest BCUT2D eigenvalue weighted by molar-refractivity contribution is 7.70. The molecule has 0 unspecified atom stereocenters. The Kier molecular flexibility index (Phi) is 4.67. The number of hydrogen-bond donors (Lipinski definition) is 1. The van der Waals surface area contributed by atoms with Gasteiger partial charge in [-0.15, -0.1) is 0 Å². The van der Waals surface area contributed by atoms with Crippen LogP contribution in [0, 0.1) is 0 Å². The molecule has 0 spiro atoms. The van der Waals surface area contributed by atoms with Crippen molar-refractivity contribution in [3.63, 3.8) is 0 Å². The number of hydrogen-bond acceptors (Lipinski definition) is 3. The smallest absolute Gasteiger partial charge is 0.225 e. The van der Waals surface area contributed by atoms with E-state index < -0.39 is 16.9 Å². The van der Waals surface area contributed by atoms with Gasteiger partial charge < -0.3 is 0 Å². The molecule has 0 aromatic heterocycles. The second kappa shape index (κ2) is 5.82. The van der Waals surface area contributed by atoms with Crippen molar-refractivity contribution in [1.82, 2.24) is 4.31 Å². The van der Waals surface area contributed by atoms with Gasteiger partial charge in [0.25, 0.3) is 0 Å². The van der Waals surface area contributed by atoms with E-state index in [4.69, 9.17) is 0 Å². The van der Waals surface area contributed by atoms with Crippen molar-refractivity contribution in [2.24, 2.45) is 0 Å². The van der Waals surface area contributed by atoms with Crippen LogP contribution in [0.3, 0.4) is 0 Å². The SMILES string of the molecule is C=C/C=C1/C=C(C(C)=O)[C@@H](C)N([SH](=O)=O)/C1=C/C. The monoisotopic (exact) mass is 267 g/mol. The molecule has 0 bridgehead atoms. The number of ketones is 1. The zero-order valence-electron chi connectivity index (χ0n) is 10.7. The molecule has 1 heterocycles. The molecule has 0 fully saturated rings. The second-order valence-corrected chi connectivity index (χ2v) is 4.85. The Bertz CT molecular complexity index is 530. The molecule has 0 saturated heterocycles. The van der Waals surface area contributed by atoms with Crippen LogP contribution in [0.2, 0.25) is 0 Å². The van der Waals surface area contributed by atoms with E-state index >= 15 is 0 Å². The van der Waals surface area contributed by atoms with Crippen molar-refractivity contribution in [2.75, 3.05) is 0 Å². The van der Waals surface area contributed by atoms with E-state index in [9.17, 15) is 13.2 Å². The molecule has 0 aliphatic carbocycles. The van der Waals surface area contributed by atoms with Crippen molar-refractivity contribution < 1.29 is 13.2 Å². The van der Waals surface area contributed by atoms with Gasteiger partial charge in [0.1, 0.15) is 0 Å². The summed E-state index contributed by atoms with van der Waals surface area (Å²) in [6.45, 7) is 8.49. The van der Waals surface area contributed by atoms with Crippen LogP contribution in [0.25, 0.3) is 0 Å². The third kappa shape index (κ3) is 2.61. The summed E-state index contributed by atoms with van der Waals surface area (Å²) in [6, 6.07) is -0.475. The van der Waals surface area contributed by atoms with Gasteiger partial charge in [-0.05, 0) is 32.4 Å². The van der Waals surface area contributed by atoms with Crippen LogP contribution < -0.4 is 0 Å². The van der Waals surface area contributed by atoms with E-state index in [1.807, 2.05) is 0 Å². The van der Waals surface area contributed by atoms with Gasteiger partial charge in [-0.1, -0.05) is 24.8 Å². The number of nitrogens with zero attached hydrogens (tertiary/aromatic N) is 1. The summed E-state index contributed by atoms with van der Waals surface area (Å²) in [5, 5.41) is 0. The number of carbonyl (C=O) groups is 1. The molecular formula is C13H17NO3S. The molecule has 1 aliphatic rings. The molecule has 0 N–H and O–H groups in total. The average molecular weight is 267 g/mol. The molecule has 1 aliphatic heterocycles. The summed E-state index contributed by atoms with van der Waals surface area (Å²) >= 11 is 0. The van der Waals surface area contributed by atoms with Gasteiger partial charge in [0.15, 0.2) is 5.78 Å². The van der Waals surface area contributed by atoms with Gasteiger partial charge in [-0.25, -0.2) is 8.42 Å². The quantitative estimate of drug-likeness (QED) is 0.793. The first-order valence-electron chi connectivity index (χ1n) is 5.59. The Morgan fingerprint density at radius 3 is 2.50 bits per heavy atom. The Labute approximate surface area is 109 Å². The van der Waals surface area contributed by atoms with Gasteiger partial charge in [0.2, 0.25) is 10.9 Å². The Balaban J connectivity index is 3.51. The molecule has 5 heteroatoms.